The molecule has 5 heteroatoms. The maximum absolute atomic E-state index is 5.98. The molecule has 1 aromatic rings. The standard InChI is InChI=1S/C18H31N5/c1-3-16-7-4-8-17(15-16)21-18(19)20-9-5-11-23-12-6-10-22(2)13-14-23/h4,7-8,15H,3,5-6,9-14H2,1-2H3,(H3,19,20,21). The first-order valence-corrected chi connectivity index (χ1v) is 8.74. The first-order chi connectivity index (χ1) is 11.2. The summed E-state index contributed by atoms with van der Waals surface area (Å²) in [6.07, 6.45) is 3.34. The maximum Gasteiger partial charge on any atom is 0.193 e. The first kappa shape index (κ1) is 17.8. The molecule has 0 aromatic heterocycles. The zero-order valence-electron chi connectivity index (χ0n) is 14.6. The third kappa shape index (κ3) is 6.59. The predicted molar refractivity (Wildman–Crippen MR) is 99.1 cm³/mol. The molecule has 0 unspecified atom stereocenters. The van der Waals surface area contributed by atoms with E-state index in [0.717, 1.165) is 38.2 Å². The molecule has 0 amide bonds. The van der Waals surface area contributed by atoms with Crippen LogP contribution in [-0.2, 0) is 6.42 Å². The molecule has 0 atom stereocenters. The van der Waals surface area contributed by atoms with E-state index in [0.29, 0.717) is 5.96 Å². The van der Waals surface area contributed by atoms with Gasteiger partial charge in [-0.05, 0) is 63.6 Å². The van der Waals surface area contributed by atoms with Gasteiger partial charge in [-0.15, -0.1) is 0 Å². The Morgan fingerprint density at radius 2 is 2.13 bits per heavy atom. The number of benzene rings is 1. The summed E-state index contributed by atoms with van der Waals surface area (Å²) >= 11 is 0. The minimum atomic E-state index is 0.508. The van der Waals surface area contributed by atoms with Crippen molar-refractivity contribution < 1.29 is 0 Å². The molecule has 0 spiro atoms. The molecule has 1 heterocycles. The minimum absolute atomic E-state index is 0.508. The highest BCUT2D eigenvalue weighted by Crippen LogP contribution is 2.10. The van der Waals surface area contributed by atoms with Gasteiger partial charge in [-0.3, -0.25) is 4.99 Å². The van der Waals surface area contributed by atoms with Crippen molar-refractivity contribution in [2.45, 2.75) is 26.2 Å². The van der Waals surface area contributed by atoms with Crippen LogP contribution in [0.4, 0.5) is 5.69 Å². The van der Waals surface area contributed by atoms with Crippen molar-refractivity contribution in [3.63, 3.8) is 0 Å². The fourth-order valence-corrected chi connectivity index (χ4v) is 2.87. The van der Waals surface area contributed by atoms with Crippen molar-refractivity contribution >= 4 is 11.6 Å². The molecule has 0 bridgehead atoms. The number of anilines is 1. The number of aliphatic imine (C=N–C) groups is 1. The fraction of sp³-hybridized carbons (Fsp3) is 0.611. The van der Waals surface area contributed by atoms with Crippen LogP contribution < -0.4 is 11.1 Å². The third-order valence-corrected chi connectivity index (χ3v) is 4.33. The zero-order valence-corrected chi connectivity index (χ0v) is 14.6. The highest BCUT2D eigenvalue weighted by molar-refractivity contribution is 5.92. The van der Waals surface area contributed by atoms with Gasteiger partial charge >= 0.3 is 0 Å². The zero-order chi connectivity index (χ0) is 16.5. The summed E-state index contributed by atoms with van der Waals surface area (Å²) in [5, 5.41) is 3.18. The van der Waals surface area contributed by atoms with E-state index in [1.165, 1.54) is 31.6 Å². The molecular formula is C18H31N5. The molecular weight excluding hydrogens is 286 g/mol. The van der Waals surface area contributed by atoms with Crippen LogP contribution in [0.5, 0.6) is 0 Å². The number of hydrogen-bond donors (Lipinski definition) is 2. The fourth-order valence-electron chi connectivity index (χ4n) is 2.87. The Morgan fingerprint density at radius 1 is 1.26 bits per heavy atom. The van der Waals surface area contributed by atoms with Gasteiger partial charge < -0.3 is 20.9 Å². The number of hydrogen-bond acceptors (Lipinski definition) is 3. The summed E-state index contributed by atoms with van der Waals surface area (Å²) in [7, 11) is 2.20. The maximum atomic E-state index is 5.98. The van der Waals surface area contributed by atoms with Crippen molar-refractivity contribution in [3.8, 4) is 0 Å². The van der Waals surface area contributed by atoms with Gasteiger partial charge in [0, 0.05) is 25.3 Å². The predicted octanol–water partition coefficient (Wildman–Crippen LogP) is 2.00. The van der Waals surface area contributed by atoms with E-state index in [1.54, 1.807) is 0 Å². The Hall–Kier alpha value is -1.59. The van der Waals surface area contributed by atoms with Crippen LogP contribution in [0.25, 0.3) is 0 Å². The highest BCUT2D eigenvalue weighted by Gasteiger charge is 2.10. The van der Waals surface area contributed by atoms with Gasteiger partial charge in [-0.25, -0.2) is 0 Å². The third-order valence-electron chi connectivity index (χ3n) is 4.33. The number of aryl methyl sites for hydroxylation is 1. The van der Waals surface area contributed by atoms with E-state index in [4.69, 9.17) is 5.73 Å². The topological polar surface area (TPSA) is 56.9 Å². The van der Waals surface area contributed by atoms with Gasteiger partial charge in [0.05, 0.1) is 0 Å². The van der Waals surface area contributed by atoms with Gasteiger partial charge in [-0.1, -0.05) is 19.1 Å². The van der Waals surface area contributed by atoms with E-state index >= 15 is 0 Å². The number of nitrogens with zero attached hydrogens (tertiary/aromatic N) is 3. The summed E-state index contributed by atoms with van der Waals surface area (Å²) in [6.45, 7) is 8.78. The number of guanidine groups is 1. The van der Waals surface area contributed by atoms with Crippen LogP contribution in [0, 0.1) is 0 Å². The number of rotatable bonds is 6. The number of nitrogens with one attached hydrogen (secondary N) is 1. The molecule has 23 heavy (non-hydrogen) atoms. The van der Waals surface area contributed by atoms with Crippen LogP contribution in [0.15, 0.2) is 29.3 Å². The summed E-state index contributed by atoms with van der Waals surface area (Å²) in [5.74, 6) is 0.508. The van der Waals surface area contributed by atoms with Crippen molar-refractivity contribution in [1.82, 2.24) is 9.80 Å². The Bertz CT molecular complexity index is 500. The quantitative estimate of drug-likeness (QED) is 0.479. The van der Waals surface area contributed by atoms with Gasteiger partial charge in [0.15, 0.2) is 5.96 Å². The van der Waals surface area contributed by atoms with Crippen LogP contribution >= 0.6 is 0 Å². The van der Waals surface area contributed by atoms with E-state index < -0.39 is 0 Å². The molecule has 1 aliphatic heterocycles. The second kappa shape index (κ2) is 9.53. The molecule has 2 rings (SSSR count). The highest BCUT2D eigenvalue weighted by atomic mass is 15.2. The Balaban J connectivity index is 1.70. The molecule has 5 nitrogen and oxygen atoms in total. The van der Waals surface area contributed by atoms with Crippen molar-refractivity contribution in [1.29, 1.82) is 0 Å². The van der Waals surface area contributed by atoms with E-state index in [9.17, 15) is 0 Å². The molecule has 1 fully saturated rings. The number of likely N-dealkylation sites (N-methyl/N-ethyl adjacent to an activating group) is 1. The SMILES string of the molecule is CCc1cccc(NC(N)=NCCCN2CCCN(C)CC2)c1. The Morgan fingerprint density at radius 3 is 2.96 bits per heavy atom. The smallest absolute Gasteiger partial charge is 0.193 e. The molecule has 0 radical (unpaired) electrons. The van der Waals surface area contributed by atoms with Gasteiger partial charge in [-0.2, -0.15) is 0 Å². The summed E-state index contributed by atoms with van der Waals surface area (Å²) in [5.41, 5.74) is 8.29. The Kier molecular flexibility index (Phi) is 7.36. The average molecular weight is 317 g/mol. The second-order valence-electron chi connectivity index (χ2n) is 6.30. The van der Waals surface area contributed by atoms with E-state index in [2.05, 4.69) is 46.2 Å². The molecule has 1 aliphatic rings. The lowest BCUT2D eigenvalue weighted by atomic mass is 10.1. The van der Waals surface area contributed by atoms with Crippen LogP contribution in [0.3, 0.4) is 0 Å². The first-order valence-electron chi connectivity index (χ1n) is 8.74. The van der Waals surface area contributed by atoms with E-state index in [1.807, 2.05) is 12.1 Å². The molecule has 3 N–H and O–H groups in total. The minimum Gasteiger partial charge on any atom is -0.370 e. The van der Waals surface area contributed by atoms with E-state index in [-0.39, 0.29) is 0 Å². The summed E-state index contributed by atoms with van der Waals surface area (Å²) < 4.78 is 0. The normalized spacial score (nSPS) is 17.9. The molecule has 1 aromatic carbocycles. The molecule has 0 saturated carbocycles. The monoisotopic (exact) mass is 317 g/mol. The van der Waals surface area contributed by atoms with Crippen LogP contribution in [0.2, 0.25) is 0 Å². The van der Waals surface area contributed by atoms with Crippen molar-refractivity contribution in [2.24, 2.45) is 10.7 Å². The lowest BCUT2D eigenvalue weighted by Gasteiger charge is -2.19. The number of nitrogens with two attached hydrogens (primary N) is 1. The average Bonchev–Trinajstić information content (AvgIpc) is 2.76. The van der Waals surface area contributed by atoms with Gasteiger partial charge in [0.25, 0.3) is 0 Å². The molecule has 128 valence electrons. The largest absolute Gasteiger partial charge is 0.370 e. The van der Waals surface area contributed by atoms with Gasteiger partial charge in [0.2, 0.25) is 0 Å². The Labute approximate surface area is 140 Å². The molecule has 1 saturated heterocycles. The van der Waals surface area contributed by atoms with Gasteiger partial charge in [0.1, 0.15) is 0 Å². The van der Waals surface area contributed by atoms with Crippen LogP contribution in [0.1, 0.15) is 25.3 Å². The lowest BCUT2D eigenvalue weighted by molar-refractivity contribution is 0.275. The summed E-state index contributed by atoms with van der Waals surface area (Å²) in [4.78, 5) is 9.39. The lowest BCUT2D eigenvalue weighted by Crippen LogP contribution is -2.30. The molecule has 0 aliphatic carbocycles. The van der Waals surface area contributed by atoms with Crippen molar-refractivity contribution in [2.75, 3.05) is 51.6 Å². The second-order valence-corrected chi connectivity index (χ2v) is 6.30. The summed E-state index contributed by atoms with van der Waals surface area (Å²) in [6, 6.07) is 8.31. The van der Waals surface area contributed by atoms with Crippen molar-refractivity contribution in [3.05, 3.63) is 29.8 Å². The van der Waals surface area contributed by atoms with Crippen LogP contribution in [-0.4, -0.2) is 62.1 Å².